The number of carbonyl (C=O) groups is 2. The Balaban J connectivity index is 2.43. The van der Waals surface area contributed by atoms with E-state index in [1.165, 1.54) is 0 Å². The van der Waals surface area contributed by atoms with Crippen molar-refractivity contribution in [2.75, 3.05) is 0 Å². The van der Waals surface area contributed by atoms with Crippen LogP contribution in [0.3, 0.4) is 0 Å². The molecule has 0 spiro atoms. The molecule has 0 saturated carbocycles. The van der Waals surface area contributed by atoms with Gasteiger partial charge in [-0.3, -0.25) is 9.59 Å². The van der Waals surface area contributed by atoms with Gasteiger partial charge in [0.25, 0.3) is 0 Å². The Hall–Kier alpha value is -1.94. The molecule has 0 aliphatic heterocycles. The van der Waals surface area contributed by atoms with Crippen molar-refractivity contribution in [3.63, 3.8) is 0 Å². The van der Waals surface area contributed by atoms with Crippen LogP contribution in [0.2, 0.25) is 0 Å². The summed E-state index contributed by atoms with van der Waals surface area (Å²) >= 11 is 0. The maximum Gasteiger partial charge on any atom is 0.303 e. The minimum Gasteiger partial charge on any atom is -0.481 e. The van der Waals surface area contributed by atoms with Crippen molar-refractivity contribution in [2.24, 2.45) is 0 Å². The number of hydrogen-bond acceptors (Lipinski definition) is 3. The van der Waals surface area contributed by atoms with E-state index in [1.807, 2.05) is 36.4 Å². The Kier molecular flexibility index (Phi) is 13.8. The maximum atomic E-state index is 12.9. The summed E-state index contributed by atoms with van der Waals surface area (Å²) in [5, 5.41) is 19.8. The van der Waals surface area contributed by atoms with Crippen molar-refractivity contribution in [1.82, 2.24) is 0 Å². The number of aliphatic carboxylic acids is 1. The van der Waals surface area contributed by atoms with E-state index in [0.29, 0.717) is 12.8 Å². The number of aliphatic hydroxyl groups is 1. The van der Waals surface area contributed by atoms with Crippen LogP contribution in [-0.4, -0.2) is 27.6 Å². The van der Waals surface area contributed by atoms with E-state index in [9.17, 15) is 14.7 Å². The number of hydrogen-bond donors (Lipinski definition) is 2. The lowest BCUT2D eigenvalue weighted by Crippen LogP contribution is -2.39. The van der Waals surface area contributed by atoms with Crippen molar-refractivity contribution in [2.45, 2.75) is 102 Å². The van der Waals surface area contributed by atoms with E-state index >= 15 is 0 Å². The molecule has 1 aromatic carbocycles. The Morgan fingerprint density at radius 2 is 1.57 bits per heavy atom. The first-order valence-electron chi connectivity index (χ1n) is 11.6. The van der Waals surface area contributed by atoms with Crippen LogP contribution in [0.15, 0.2) is 42.5 Å². The van der Waals surface area contributed by atoms with Crippen LogP contribution in [0.4, 0.5) is 0 Å². The lowest BCUT2D eigenvalue weighted by Gasteiger charge is -2.26. The summed E-state index contributed by atoms with van der Waals surface area (Å²) in [7, 11) is 0. The summed E-state index contributed by atoms with van der Waals surface area (Å²) in [4.78, 5) is 23.4. The van der Waals surface area contributed by atoms with Gasteiger partial charge >= 0.3 is 5.97 Å². The van der Waals surface area contributed by atoms with Crippen LogP contribution in [-0.2, 0) is 16.0 Å². The minimum absolute atomic E-state index is 0.0896. The Bertz CT molecular complexity index is 623. The monoisotopic (exact) mass is 416 g/mol. The Morgan fingerprint density at radius 1 is 0.900 bits per heavy atom. The zero-order valence-corrected chi connectivity index (χ0v) is 18.7. The first-order valence-corrected chi connectivity index (χ1v) is 11.6. The van der Waals surface area contributed by atoms with E-state index in [-0.39, 0.29) is 18.6 Å². The van der Waals surface area contributed by atoms with E-state index in [0.717, 1.165) is 69.8 Å². The molecule has 1 rings (SSSR count). The van der Waals surface area contributed by atoms with Crippen molar-refractivity contribution >= 4 is 11.8 Å². The summed E-state index contributed by atoms with van der Waals surface area (Å²) in [5.74, 6) is -0.810. The summed E-state index contributed by atoms with van der Waals surface area (Å²) in [6.45, 7) is 2.15. The minimum atomic E-state index is -1.28. The SMILES string of the molecule is CCCCCC[C@@](O)(C/C=C\CCCCCCCC(=O)O)C(=O)Cc1ccccc1. The molecule has 168 valence electrons. The molecule has 0 unspecified atom stereocenters. The fourth-order valence-corrected chi connectivity index (χ4v) is 3.61. The lowest BCUT2D eigenvalue weighted by molar-refractivity contribution is -0.137. The third kappa shape index (κ3) is 11.9. The first-order chi connectivity index (χ1) is 14.5. The summed E-state index contributed by atoms with van der Waals surface area (Å²) in [6, 6.07) is 9.64. The first kappa shape index (κ1) is 26.1. The quantitative estimate of drug-likeness (QED) is 0.219. The van der Waals surface area contributed by atoms with Crippen LogP contribution in [0.1, 0.15) is 96.0 Å². The average Bonchev–Trinajstić information content (AvgIpc) is 2.73. The normalized spacial score (nSPS) is 13.4. The smallest absolute Gasteiger partial charge is 0.303 e. The molecule has 4 heteroatoms. The van der Waals surface area contributed by atoms with Gasteiger partial charge in [-0.05, 0) is 31.2 Å². The molecule has 0 heterocycles. The van der Waals surface area contributed by atoms with Crippen LogP contribution >= 0.6 is 0 Å². The number of benzene rings is 1. The molecule has 1 aromatic rings. The number of carboxylic acid groups (broad SMARTS) is 1. The predicted octanol–water partition coefficient (Wildman–Crippen LogP) is 6.26. The number of Topliss-reactive ketones (excluding diaryl/α,β-unsaturated/α-hetero) is 1. The molecule has 0 aromatic heterocycles. The molecule has 0 saturated heterocycles. The van der Waals surface area contributed by atoms with E-state index < -0.39 is 11.6 Å². The number of carbonyl (C=O) groups excluding carboxylic acids is 1. The van der Waals surface area contributed by atoms with Gasteiger partial charge < -0.3 is 10.2 Å². The third-order valence-electron chi connectivity index (χ3n) is 5.55. The highest BCUT2D eigenvalue weighted by molar-refractivity contribution is 5.89. The molecule has 1 atom stereocenters. The standard InChI is InChI=1S/C26H40O4/c1-2-3-4-15-20-26(30,24(27)22-23-17-12-11-13-18-23)21-16-10-8-6-5-7-9-14-19-25(28)29/h10-13,16-18,30H,2-9,14-15,19-22H2,1H3,(H,28,29)/b16-10-/t26-/m1/s1. The summed E-state index contributed by atoms with van der Waals surface area (Å²) in [6.07, 6.45) is 15.5. The lowest BCUT2D eigenvalue weighted by atomic mass is 9.85. The van der Waals surface area contributed by atoms with Crippen molar-refractivity contribution in [3.8, 4) is 0 Å². The molecule has 0 aliphatic carbocycles. The van der Waals surface area contributed by atoms with E-state index in [2.05, 4.69) is 13.0 Å². The topological polar surface area (TPSA) is 74.6 Å². The van der Waals surface area contributed by atoms with Gasteiger partial charge in [0, 0.05) is 19.3 Å². The van der Waals surface area contributed by atoms with Crippen molar-refractivity contribution in [1.29, 1.82) is 0 Å². The number of allylic oxidation sites excluding steroid dienone is 1. The second kappa shape index (κ2) is 15.8. The van der Waals surface area contributed by atoms with Crippen LogP contribution in [0.25, 0.3) is 0 Å². The summed E-state index contributed by atoms with van der Waals surface area (Å²) in [5.41, 5.74) is -0.335. The zero-order chi connectivity index (χ0) is 22.1. The van der Waals surface area contributed by atoms with Gasteiger partial charge in [-0.2, -0.15) is 0 Å². The van der Waals surface area contributed by atoms with Crippen LogP contribution in [0, 0.1) is 0 Å². The fraction of sp³-hybridized carbons (Fsp3) is 0.615. The molecule has 0 amide bonds. The molecule has 0 aliphatic rings. The van der Waals surface area contributed by atoms with E-state index in [4.69, 9.17) is 5.11 Å². The van der Waals surface area contributed by atoms with Gasteiger partial charge in [0.2, 0.25) is 0 Å². The predicted molar refractivity (Wildman–Crippen MR) is 123 cm³/mol. The third-order valence-corrected chi connectivity index (χ3v) is 5.55. The van der Waals surface area contributed by atoms with Gasteiger partial charge in [-0.15, -0.1) is 0 Å². The maximum absolute atomic E-state index is 12.9. The van der Waals surface area contributed by atoms with Crippen LogP contribution < -0.4 is 0 Å². The number of rotatable bonds is 18. The summed E-state index contributed by atoms with van der Waals surface area (Å²) < 4.78 is 0. The van der Waals surface area contributed by atoms with Gasteiger partial charge in [0.15, 0.2) is 5.78 Å². The molecule has 4 nitrogen and oxygen atoms in total. The van der Waals surface area contributed by atoms with Crippen molar-refractivity contribution in [3.05, 3.63) is 48.0 Å². The van der Waals surface area contributed by atoms with E-state index in [1.54, 1.807) is 0 Å². The van der Waals surface area contributed by atoms with Gasteiger partial charge in [-0.1, -0.05) is 94.4 Å². The molecule has 0 fully saturated rings. The molecular formula is C26H40O4. The molecule has 0 bridgehead atoms. The Labute approximate surface area is 182 Å². The zero-order valence-electron chi connectivity index (χ0n) is 18.7. The largest absolute Gasteiger partial charge is 0.481 e. The molecule has 2 N–H and O–H groups in total. The van der Waals surface area contributed by atoms with Crippen molar-refractivity contribution < 1.29 is 19.8 Å². The highest BCUT2D eigenvalue weighted by atomic mass is 16.4. The number of carboxylic acids is 1. The van der Waals surface area contributed by atoms with Gasteiger partial charge in [0.05, 0.1) is 0 Å². The van der Waals surface area contributed by atoms with Gasteiger partial charge in [-0.25, -0.2) is 0 Å². The molecular weight excluding hydrogens is 376 g/mol. The molecule has 0 radical (unpaired) electrons. The Morgan fingerprint density at radius 3 is 2.27 bits per heavy atom. The molecule has 30 heavy (non-hydrogen) atoms. The van der Waals surface area contributed by atoms with Crippen LogP contribution in [0.5, 0.6) is 0 Å². The second-order valence-corrected chi connectivity index (χ2v) is 8.30. The highest BCUT2D eigenvalue weighted by Crippen LogP contribution is 2.24. The second-order valence-electron chi connectivity index (χ2n) is 8.30. The van der Waals surface area contributed by atoms with Gasteiger partial charge in [0.1, 0.15) is 5.60 Å². The average molecular weight is 417 g/mol. The fourth-order valence-electron chi connectivity index (χ4n) is 3.61. The number of ketones is 1. The number of unbranched alkanes of at least 4 members (excludes halogenated alkanes) is 8. The highest BCUT2D eigenvalue weighted by Gasteiger charge is 2.33.